The average molecular weight is 227 g/mol. The van der Waals surface area contributed by atoms with Crippen molar-refractivity contribution >= 4 is 11.8 Å². The van der Waals surface area contributed by atoms with E-state index in [2.05, 4.69) is 0 Å². The second kappa shape index (κ2) is 4.41. The molecule has 0 bridgehead atoms. The number of nitrogens with two attached hydrogens (primary N) is 1. The van der Waals surface area contributed by atoms with Gasteiger partial charge < -0.3 is 15.5 Å². The van der Waals surface area contributed by atoms with Crippen LogP contribution in [0.4, 0.5) is 0 Å². The lowest BCUT2D eigenvalue weighted by Gasteiger charge is -2.29. The lowest BCUT2D eigenvalue weighted by molar-refractivity contribution is -0.141. The van der Waals surface area contributed by atoms with Crippen LogP contribution in [0.2, 0.25) is 0 Å². The van der Waals surface area contributed by atoms with Gasteiger partial charge in [0.1, 0.15) is 0 Å². The molecule has 1 rings (SSSR count). The van der Waals surface area contributed by atoms with Crippen molar-refractivity contribution in [1.82, 2.24) is 9.80 Å². The number of rotatable bonds is 4. The highest BCUT2D eigenvalue weighted by molar-refractivity contribution is 5.90. The Bertz CT molecular complexity index is 296. The fraction of sp³-hybridized carbons (Fsp3) is 0.818. The van der Waals surface area contributed by atoms with Crippen LogP contribution in [0.15, 0.2) is 0 Å². The maximum absolute atomic E-state index is 12.0. The smallest absolute Gasteiger partial charge is 0.242 e. The van der Waals surface area contributed by atoms with Crippen molar-refractivity contribution in [2.75, 3.05) is 27.7 Å². The Kier molecular flexibility index (Phi) is 3.57. The predicted molar refractivity (Wildman–Crippen MR) is 61.6 cm³/mol. The van der Waals surface area contributed by atoms with Crippen LogP contribution in [0.3, 0.4) is 0 Å². The minimum Gasteiger partial charge on any atom is -0.347 e. The Balaban J connectivity index is 2.56. The van der Waals surface area contributed by atoms with Gasteiger partial charge in [0.05, 0.1) is 12.1 Å². The topological polar surface area (TPSA) is 66.6 Å². The Morgan fingerprint density at radius 3 is 2.19 bits per heavy atom. The Morgan fingerprint density at radius 2 is 1.81 bits per heavy atom. The number of hydrogen-bond donors (Lipinski definition) is 1. The normalized spacial score (nSPS) is 18.8. The quantitative estimate of drug-likeness (QED) is 0.714. The molecule has 1 atom stereocenters. The van der Waals surface area contributed by atoms with Crippen molar-refractivity contribution in [2.45, 2.75) is 25.3 Å². The van der Waals surface area contributed by atoms with Crippen molar-refractivity contribution in [2.24, 2.45) is 11.7 Å². The summed E-state index contributed by atoms with van der Waals surface area (Å²) < 4.78 is 0. The molecule has 1 fully saturated rings. The van der Waals surface area contributed by atoms with E-state index in [0.717, 1.165) is 12.8 Å². The van der Waals surface area contributed by atoms with Crippen LogP contribution >= 0.6 is 0 Å². The zero-order valence-corrected chi connectivity index (χ0v) is 10.5. The first-order chi connectivity index (χ1) is 7.26. The van der Waals surface area contributed by atoms with E-state index in [1.807, 2.05) is 0 Å². The monoisotopic (exact) mass is 227 g/mol. The van der Waals surface area contributed by atoms with Gasteiger partial charge in [0, 0.05) is 21.1 Å². The van der Waals surface area contributed by atoms with Crippen LogP contribution in [0.1, 0.15) is 19.8 Å². The van der Waals surface area contributed by atoms with Gasteiger partial charge in [0.2, 0.25) is 11.8 Å². The summed E-state index contributed by atoms with van der Waals surface area (Å²) in [4.78, 5) is 26.4. The minimum atomic E-state index is -0.818. The summed E-state index contributed by atoms with van der Waals surface area (Å²) in [6, 6.07) is 0. The van der Waals surface area contributed by atoms with E-state index in [0.29, 0.717) is 0 Å². The molecule has 1 unspecified atom stereocenters. The third-order valence-electron chi connectivity index (χ3n) is 3.10. The lowest BCUT2D eigenvalue weighted by Crippen LogP contribution is -2.55. The highest BCUT2D eigenvalue weighted by atomic mass is 16.2. The summed E-state index contributed by atoms with van der Waals surface area (Å²) in [7, 11) is 4.96. The molecule has 0 saturated heterocycles. The van der Waals surface area contributed by atoms with Gasteiger partial charge in [-0.25, -0.2) is 0 Å². The first-order valence-corrected chi connectivity index (χ1v) is 5.51. The predicted octanol–water partition coefficient (Wildman–Crippen LogP) is -0.340. The van der Waals surface area contributed by atoms with Crippen LogP contribution in [-0.2, 0) is 9.59 Å². The van der Waals surface area contributed by atoms with E-state index in [9.17, 15) is 9.59 Å². The molecule has 0 aromatic carbocycles. The molecule has 5 heteroatoms. The summed E-state index contributed by atoms with van der Waals surface area (Å²) in [5, 5.41) is 0. The average Bonchev–Trinajstić information content (AvgIpc) is 2.99. The summed E-state index contributed by atoms with van der Waals surface area (Å²) in [6.45, 7) is 1.84. The lowest BCUT2D eigenvalue weighted by atomic mass is 9.95. The maximum Gasteiger partial charge on any atom is 0.242 e. The standard InChI is InChI=1S/C11H21N3O2/c1-11(12,8-5-6-8)10(16)14(4)7-9(15)13(2)3/h8H,5-7,12H2,1-4H3. The minimum absolute atomic E-state index is 0.0886. The van der Waals surface area contributed by atoms with Gasteiger partial charge in [-0.3, -0.25) is 9.59 Å². The molecule has 1 aliphatic carbocycles. The fourth-order valence-electron chi connectivity index (χ4n) is 1.68. The Hall–Kier alpha value is -1.10. The molecule has 16 heavy (non-hydrogen) atoms. The molecule has 1 saturated carbocycles. The zero-order valence-electron chi connectivity index (χ0n) is 10.5. The second-order valence-electron chi connectivity index (χ2n) is 5.01. The SMILES string of the molecule is CN(C)C(=O)CN(C)C(=O)C(C)(N)C1CC1. The first-order valence-electron chi connectivity index (χ1n) is 5.51. The molecule has 0 heterocycles. The van der Waals surface area contributed by atoms with Crippen molar-refractivity contribution in [3.63, 3.8) is 0 Å². The van der Waals surface area contributed by atoms with E-state index in [1.165, 1.54) is 9.80 Å². The van der Waals surface area contributed by atoms with Gasteiger partial charge in [-0.15, -0.1) is 0 Å². The number of amides is 2. The molecule has 5 nitrogen and oxygen atoms in total. The Morgan fingerprint density at radius 1 is 1.31 bits per heavy atom. The number of carbonyl (C=O) groups is 2. The van der Waals surface area contributed by atoms with Gasteiger partial charge in [-0.1, -0.05) is 0 Å². The molecule has 0 aromatic rings. The maximum atomic E-state index is 12.0. The van der Waals surface area contributed by atoms with Crippen molar-refractivity contribution < 1.29 is 9.59 Å². The molecule has 0 aromatic heterocycles. The summed E-state index contributed by atoms with van der Waals surface area (Å²) >= 11 is 0. The number of likely N-dealkylation sites (N-methyl/N-ethyl adjacent to an activating group) is 2. The summed E-state index contributed by atoms with van der Waals surface area (Å²) in [5.41, 5.74) is 5.18. The fourth-order valence-corrected chi connectivity index (χ4v) is 1.68. The van der Waals surface area contributed by atoms with Gasteiger partial charge in [-0.05, 0) is 25.7 Å². The molecule has 2 amide bonds. The van der Waals surface area contributed by atoms with Gasteiger partial charge in [-0.2, -0.15) is 0 Å². The van der Waals surface area contributed by atoms with Gasteiger partial charge >= 0.3 is 0 Å². The molecule has 92 valence electrons. The van der Waals surface area contributed by atoms with Crippen LogP contribution in [0, 0.1) is 5.92 Å². The largest absolute Gasteiger partial charge is 0.347 e. The van der Waals surface area contributed by atoms with Gasteiger partial charge in [0.15, 0.2) is 0 Å². The van der Waals surface area contributed by atoms with Gasteiger partial charge in [0.25, 0.3) is 0 Å². The van der Waals surface area contributed by atoms with Crippen LogP contribution in [0.25, 0.3) is 0 Å². The van der Waals surface area contributed by atoms with E-state index in [4.69, 9.17) is 5.73 Å². The van der Waals surface area contributed by atoms with Crippen molar-refractivity contribution in [1.29, 1.82) is 0 Å². The highest BCUT2D eigenvalue weighted by Gasteiger charge is 2.45. The van der Waals surface area contributed by atoms with Crippen molar-refractivity contribution in [3.05, 3.63) is 0 Å². The number of hydrogen-bond acceptors (Lipinski definition) is 3. The Labute approximate surface area is 96.6 Å². The third kappa shape index (κ3) is 2.72. The van der Waals surface area contributed by atoms with E-state index in [1.54, 1.807) is 28.1 Å². The molecule has 0 spiro atoms. The molecule has 0 radical (unpaired) electrons. The van der Waals surface area contributed by atoms with E-state index >= 15 is 0 Å². The summed E-state index contributed by atoms with van der Waals surface area (Å²) in [6.07, 6.45) is 2.02. The zero-order chi connectivity index (χ0) is 12.5. The number of nitrogens with zero attached hydrogens (tertiary/aromatic N) is 2. The van der Waals surface area contributed by atoms with Crippen LogP contribution in [-0.4, -0.2) is 54.8 Å². The number of carbonyl (C=O) groups excluding carboxylic acids is 2. The third-order valence-corrected chi connectivity index (χ3v) is 3.10. The van der Waals surface area contributed by atoms with E-state index < -0.39 is 5.54 Å². The van der Waals surface area contributed by atoms with E-state index in [-0.39, 0.29) is 24.3 Å². The van der Waals surface area contributed by atoms with Crippen LogP contribution in [0.5, 0.6) is 0 Å². The first kappa shape index (κ1) is 13.0. The molecule has 1 aliphatic rings. The van der Waals surface area contributed by atoms with Crippen LogP contribution < -0.4 is 5.73 Å². The molecular weight excluding hydrogens is 206 g/mol. The summed E-state index contributed by atoms with van der Waals surface area (Å²) in [5.74, 6) is 0.0320. The second-order valence-corrected chi connectivity index (χ2v) is 5.01. The molecule has 2 N–H and O–H groups in total. The molecular formula is C11H21N3O2. The molecule has 0 aliphatic heterocycles. The highest BCUT2D eigenvalue weighted by Crippen LogP contribution is 2.38. The van der Waals surface area contributed by atoms with Crippen molar-refractivity contribution in [3.8, 4) is 0 Å².